The second-order valence-corrected chi connectivity index (χ2v) is 9.39. The van der Waals surface area contributed by atoms with E-state index in [2.05, 4.69) is 26.8 Å². The molecule has 10 heteroatoms. The molecule has 2 unspecified atom stereocenters. The van der Waals surface area contributed by atoms with E-state index in [-0.39, 0.29) is 18.2 Å². The van der Waals surface area contributed by atoms with Crippen molar-refractivity contribution in [3.8, 4) is 17.5 Å². The third-order valence-electron chi connectivity index (χ3n) is 6.52. The number of nitriles is 1. The van der Waals surface area contributed by atoms with E-state index in [9.17, 15) is 14.3 Å². The van der Waals surface area contributed by atoms with Gasteiger partial charge in [-0.15, -0.1) is 0 Å². The first-order valence-electron chi connectivity index (χ1n) is 11.1. The molecule has 5 rings (SSSR count). The smallest absolute Gasteiger partial charge is 0.255 e. The van der Waals surface area contributed by atoms with Gasteiger partial charge in [-0.1, -0.05) is 0 Å². The van der Waals surface area contributed by atoms with Gasteiger partial charge in [0.15, 0.2) is 0 Å². The molecule has 1 aliphatic carbocycles. The first-order chi connectivity index (χ1) is 16.3. The lowest BCUT2D eigenvalue weighted by molar-refractivity contribution is -0.00177. The number of alkyl halides is 1. The number of hydrogen-bond donors (Lipinski definition) is 3. The Morgan fingerprint density at radius 3 is 2.82 bits per heavy atom. The molecule has 0 aromatic carbocycles. The SMILES string of the molecule is CC(C)(O)C(F)CNC(=O)c1cnc(-c2ccc3cc(C#N)cnn23)cc1NC1[C@H]2COC[C@@H]12. The Balaban J connectivity index is 1.45. The molecule has 3 aromatic rings. The lowest BCUT2D eigenvalue weighted by Gasteiger charge is -2.22. The van der Waals surface area contributed by atoms with E-state index in [4.69, 9.17) is 10.00 Å². The highest BCUT2D eigenvalue weighted by Gasteiger charge is 2.54. The van der Waals surface area contributed by atoms with Crippen LogP contribution in [0, 0.1) is 23.2 Å². The van der Waals surface area contributed by atoms with Crippen LogP contribution in [0.4, 0.5) is 10.1 Å². The summed E-state index contributed by atoms with van der Waals surface area (Å²) in [5.41, 5.74) is 1.83. The number of ether oxygens (including phenoxy) is 1. The Morgan fingerprint density at radius 2 is 2.12 bits per heavy atom. The predicted octanol–water partition coefficient (Wildman–Crippen LogP) is 2.16. The first kappa shape index (κ1) is 22.3. The molecule has 2 fully saturated rings. The molecule has 0 bridgehead atoms. The number of pyridine rings is 1. The normalized spacial score (nSPS) is 22.1. The molecule has 0 radical (unpaired) electrons. The summed E-state index contributed by atoms with van der Waals surface area (Å²) in [5, 5.41) is 29.3. The third-order valence-corrected chi connectivity index (χ3v) is 6.52. The van der Waals surface area contributed by atoms with Crippen molar-refractivity contribution in [2.45, 2.75) is 31.7 Å². The standard InChI is InChI=1S/C24H25FN6O3/c1-24(2,33)21(25)10-28-23(32)15-9-27-19(6-18(15)30-22-16-11-34-12-17(16)22)20-4-3-14-5-13(7-26)8-29-31(14)20/h3-6,8-9,16-17,21-22,33H,10-12H2,1-2H3,(H,27,30)(H,28,32)/t16-,17+,21?,22?. The number of nitrogens with zero attached hydrogens (tertiary/aromatic N) is 4. The zero-order valence-corrected chi connectivity index (χ0v) is 18.8. The molecule has 2 aliphatic rings. The Morgan fingerprint density at radius 1 is 1.35 bits per heavy atom. The number of aliphatic hydroxyl groups is 1. The minimum atomic E-state index is -1.61. The summed E-state index contributed by atoms with van der Waals surface area (Å²) in [5.74, 6) is 0.323. The maximum atomic E-state index is 14.2. The van der Waals surface area contributed by atoms with Crippen LogP contribution in [0.3, 0.4) is 0 Å². The van der Waals surface area contributed by atoms with Gasteiger partial charge in [-0.25, -0.2) is 8.91 Å². The Hall–Kier alpha value is -3.55. The fraction of sp³-hybridized carbons (Fsp3) is 0.417. The molecule has 4 heterocycles. The largest absolute Gasteiger partial charge is 0.387 e. The highest BCUT2D eigenvalue weighted by atomic mass is 19.1. The topological polar surface area (TPSA) is 125 Å². The summed E-state index contributed by atoms with van der Waals surface area (Å²) in [6.07, 6.45) is 1.33. The molecule has 1 saturated heterocycles. The van der Waals surface area contributed by atoms with Gasteiger partial charge < -0.3 is 20.5 Å². The fourth-order valence-electron chi connectivity index (χ4n) is 4.31. The highest BCUT2D eigenvalue weighted by Crippen LogP contribution is 2.46. The summed E-state index contributed by atoms with van der Waals surface area (Å²) >= 11 is 0. The van der Waals surface area contributed by atoms with Gasteiger partial charge >= 0.3 is 0 Å². The van der Waals surface area contributed by atoms with Crippen molar-refractivity contribution in [1.82, 2.24) is 19.9 Å². The molecule has 1 aliphatic heterocycles. The maximum absolute atomic E-state index is 14.2. The zero-order valence-electron chi connectivity index (χ0n) is 18.8. The second-order valence-electron chi connectivity index (χ2n) is 9.39. The van der Waals surface area contributed by atoms with Crippen molar-refractivity contribution >= 4 is 17.1 Å². The number of hydrogen-bond acceptors (Lipinski definition) is 7. The van der Waals surface area contributed by atoms with Crippen LogP contribution in [0.1, 0.15) is 29.8 Å². The van der Waals surface area contributed by atoms with Gasteiger partial charge in [0.1, 0.15) is 12.2 Å². The molecule has 34 heavy (non-hydrogen) atoms. The van der Waals surface area contributed by atoms with Crippen LogP contribution in [-0.4, -0.2) is 63.2 Å². The van der Waals surface area contributed by atoms with Crippen molar-refractivity contribution in [2.24, 2.45) is 11.8 Å². The van der Waals surface area contributed by atoms with E-state index in [0.29, 0.717) is 47.7 Å². The van der Waals surface area contributed by atoms with Crippen LogP contribution in [0.2, 0.25) is 0 Å². The predicted molar refractivity (Wildman–Crippen MR) is 122 cm³/mol. The molecular formula is C24H25FN6O3. The molecule has 4 atom stereocenters. The number of rotatable bonds is 7. The lowest BCUT2D eigenvalue weighted by atomic mass is 10.0. The van der Waals surface area contributed by atoms with Crippen LogP contribution in [0.5, 0.6) is 0 Å². The van der Waals surface area contributed by atoms with Crippen molar-refractivity contribution in [3.05, 3.63) is 47.8 Å². The first-order valence-corrected chi connectivity index (χ1v) is 11.1. The number of fused-ring (bicyclic) bond motifs is 2. The van der Waals surface area contributed by atoms with E-state index in [1.54, 1.807) is 16.6 Å². The van der Waals surface area contributed by atoms with E-state index in [1.807, 2.05) is 12.1 Å². The summed E-state index contributed by atoms with van der Waals surface area (Å²) in [6, 6.07) is 9.49. The number of nitrogens with one attached hydrogen (secondary N) is 2. The van der Waals surface area contributed by atoms with Crippen molar-refractivity contribution in [3.63, 3.8) is 0 Å². The minimum Gasteiger partial charge on any atom is -0.387 e. The van der Waals surface area contributed by atoms with Crippen molar-refractivity contribution < 1.29 is 19.0 Å². The minimum absolute atomic E-state index is 0.196. The zero-order chi connectivity index (χ0) is 24.0. The van der Waals surface area contributed by atoms with Gasteiger partial charge in [0, 0.05) is 24.1 Å². The molecule has 1 amide bonds. The molecule has 9 nitrogen and oxygen atoms in total. The number of aromatic nitrogens is 3. The monoisotopic (exact) mass is 464 g/mol. The number of halogens is 1. The van der Waals surface area contributed by atoms with Crippen LogP contribution < -0.4 is 10.6 Å². The molecule has 3 aromatic heterocycles. The van der Waals surface area contributed by atoms with Gasteiger partial charge in [0.25, 0.3) is 5.91 Å². The van der Waals surface area contributed by atoms with Crippen molar-refractivity contribution in [2.75, 3.05) is 25.1 Å². The molecule has 1 saturated carbocycles. The van der Waals surface area contributed by atoms with Crippen LogP contribution in [0.25, 0.3) is 16.9 Å². The fourth-order valence-corrected chi connectivity index (χ4v) is 4.31. The molecule has 3 N–H and O–H groups in total. The Labute approximate surface area is 195 Å². The quantitative estimate of drug-likeness (QED) is 0.489. The number of carbonyl (C=O) groups excluding carboxylic acids is 1. The summed E-state index contributed by atoms with van der Waals surface area (Å²) in [4.78, 5) is 17.4. The Bertz CT molecular complexity index is 1280. The van der Waals surface area contributed by atoms with Gasteiger partial charge in [0.05, 0.1) is 65.3 Å². The number of amides is 1. The average Bonchev–Trinajstić information content (AvgIpc) is 3.17. The van der Waals surface area contributed by atoms with E-state index < -0.39 is 17.7 Å². The maximum Gasteiger partial charge on any atom is 0.255 e. The second kappa shape index (κ2) is 8.34. The summed E-state index contributed by atoms with van der Waals surface area (Å²) < 4.78 is 21.3. The number of carbonyl (C=O) groups is 1. The van der Waals surface area contributed by atoms with Crippen LogP contribution in [0.15, 0.2) is 36.7 Å². The molecular weight excluding hydrogens is 439 g/mol. The lowest BCUT2D eigenvalue weighted by Crippen LogP contribution is -2.42. The van der Waals surface area contributed by atoms with E-state index >= 15 is 0 Å². The van der Waals surface area contributed by atoms with Crippen molar-refractivity contribution in [1.29, 1.82) is 5.26 Å². The highest BCUT2D eigenvalue weighted by molar-refractivity contribution is 6.00. The van der Waals surface area contributed by atoms with Gasteiger partial charge in [-0.2, -0.15) is 10.4 Å². The Kier molecular flexibility index (Phi) is 5.46. The van der Waals surface area contributed by atoms with Gasteiger partial charge in [0.2, 0.25) is 0 Å². The third kappa shape index (κ3) is 4.08. The van der Waals surface area contributed by atoms with Crippen LogP contribution in [-0.2, 0) is 4.74 Å². The van der Waals surface area contributed by atoms with Crippen LogP contribution >= 0.6 is 0 Å². The van der Waals surface area contributed by atoms with Gasteiger partial charge in [-0.3, -0.25) is 9.78 Å². The molecule has 0 spiro atoms. The number of anilines is 1. The average molecular weight is 465 g/mol. The molecule has 176 valence electrons. The summed E-state index contributed by atoms with van der Waals surface area (Å²) in [6.45, 7) is 3.77. The summed E-state index contributed by atoms with van der Waals surface area (Å²) in [7, 11) is 0. The van der Waals surface area contributed by atoms with Gasteiger partial charge in [-0.05, 0) is 38.1 Å². The van der Waals surface area contributed by atoms with E-state index in [0.717, 1.165) is 5.52 Å². The van der Waals surface area contributed by atoms with E-state index in [1.165, 1.54) is 26.2 Å².